The van der Waals surface area contributed by atoms with Gasteiger partial charge < -0.3 is 14.2 Å². The van der Waals surface area contributed by atoms with E-state index < -0.39 is 0 Å². The molecule has 0 spiro atoms. The molecular weight excluding hydrogens is 394 g/mol. The van der Waals surface area contributed by atoms with E-state index in [1.54, 1.807) is 11.0 Å². The van der Waals surface area contributed by atoms with Crippen LogP contribution in [0.4, 0.5) is 0 Å². The smallest absolute Gasteiger partial charge is 0.264 e. The number of rotatable bonds is 3. The minimum absolute atomic E-state index is 0.152. The lowest BCUT2D eigenvalue weighted by molar-refractivity contribution is -0.130. The van der Waals surface area contributed by atoms with E-state index in [1.165, 1.54) is 0 Å². The van der Waals surface area contributed by atoms with Crippen LogP contribution in [0.2, 0.25) is 0 Å². The molecule has 0 saturated carbocycles. The molecule has 0 bridgehead atoms. The molecule has 0 N–H and O–H groups in total. The van der Waals surface area contributed by atoms with Crippen molar-refractivity contribution in [2.45, 2.75) is 13.8 Å². The van der Waals surface area contributed by atoms with Gasteiger partial charge in [-0.3, -0.25) is 4.79 Å². The molecule has 1 aromatic heterocycles. The fourth-order valence-electron chi connectivity index (χ4n) is 3.17. The molecule has 0 radical (unpaired) electrons. The predicted octanol–water partition coefficient (Wildman–Crippen LogP) is 3.62. The first kappa shape index (κ1) is 18.4. The number of nitriles is 1. The first-order chi connectivity index (χ1) is 12.5. The maximum Gasteiger partial charge on any atom is 0.264 e. The molecular formula is C20H20BrN3O2. The molecule has 1 aromatic carbocycles. The number of aryl methyl sites for hydroxylation is 1. The number of hydrogen-bond donors (Lipinski definition) is 0. The van der Waals surface area contributed by atoms with Crippen LogP contribution in [0.1, 0.15) is 17.0 Å². The lowest BCUT2D eigenvalue weighted by atomic mass is 10.1. The number of amides is 1. The zero-order valence-electron chi connectivity index (χ0n) is 14.8. The van der Waals surface area contributed by atoms with Gasteiger partial charge in [0.25, 0.3) is 5.91 Å². The van der Waals surface area contributed by atoms with E-state index in [2.05, 4.69) is 26.6 Å². The van der Waals surface area contributed by atoms with Crippen molar-refractivity contribution < 1.29 is 9.53 Å². The number of carbonyl (C=O) groups is 1. The second-order valence-electron chi connectivity index (χ2n) is 6.19. The molecule has 134 valence electrons. The molecule has 3 rings (SSSR count). The van der Waals surface area contributed by atoms with Crippen LogP contribution in [0, 0.1) is 25.2 Å². The number of para-hydroxylation sites is 1. The average molecular weight is 414 g/mol. The Labute approximate surface area is 161 Å². The van der Waals surface area contributed by atoms with E-state index >= 15 is 0 Å². The maximum absolute atomic E-state index is 12.6. The monoisotopic (exact) mass is 413 g/mol. The van der Waals surface area contributed by atoms with Gasteiger partial charge in [-0.2, -0.15) is 5.26 Å². The summed E-state index contributed by atoms with van der Waals surface area (Å²) in [5.74, 6) is -0.235. The fourth-order valence-corrected chi connectivity index (χ4v) is 3.63. The first-order valence-corrected chi connectivity index (χ1v) is 9.25. The number of morpholine rings is 1. The third kappa shape index (κ3) is 3.59. The Hall–Kier alpha value is -2.36. The van der Waals surface area contributed by atoms with Crippen LogP contribution in [0.3, 0.4) is 0 Å². The summed E-state index contributed by atoms with van der Waals surface area (Å²) in [4.78, 5) is 14.3. The summed E-state index contributed by atoms with van der Waals surface area (Å²) in [6, 6.07) is 12.0. The highest BCUT2D eigenvalue weighted by molar-refractivity contribution is 9.10. The summed E-state index contributed by atoms with van der Waals surface area (Å²) in [6.45, 7) is 6.08. The van der Waals surface area contributed by atoms with Crippen molar-refractivity contribution in [3.05, 3.63) is 57.3 Å². The Kier molecular flexibility index (Phi) is 5.60. The Morgan fingerprint density at radius 1 is 1.27 bits per heavy atom. The standard InChI is InChI=1S/C20H20BrN3O2/c1-14-11-16(15(2)24(14)19-6-4-3-5-18(19)21)12-17(13-22)20(25)23-7-9-26-10-8-23/h3-6,11-12H,7-10H2,1-2H3/b17-12-. The van der Waals surface area contributed by atoms with Gasteiger partial charge in [-0.25, -0.2) is 0 Å². The summed E-state index contributed by atoms with van der Waals surface area (Å²) in [5.41, 5.74) is 4.07. The van der Waals surface area contributed by atoms with E-state index in [4.69, 9.17) is 4.74 Å². The zero-order valence-corrected chi connectivity index (χ0v) is 16.4. The van der Waals surface area contributed by atoms with Crippen molar-refractivity contribution >= 4 is 27.9 Å². The molecule has 0 unspecified atom stereocenters. The van der Waals surface area contributed by atoms with Crippen molar-refractivity contribution in [2.75, 3.05) is 26.3 Å². The highest BCUT2D eigenvalue weighted by atomic mass is 79.9. The van der Waals surface area contributed by atoms with Crippen LogP contribution in [0.5, 0.6) is 0 Å². The van der Waals surface area contributed by atoms with Crippen molar-refractivity contribution in [3.8, 4) is 11.8 Å². The maximum atomic E-state index is 12.6. The van der Waals surface area contributed by atoms with Gasteiger partial charge in [0, 0.05) is 29.0 Å². The quantitative estimate of drug-likeness (QED) is 0.570. The normalized spacial score (nSPS) is 15.0. The summed E-state index contributed by atoms with van der Waals surface area (Å²) >= 11 is 3.59. The molecule has 2 aromatic rings. The molecule has 1 amide bonds. The van der Waals surface area contributed by atoms with Gasteiger partial charge in [0.05, 0.1) is 18.9 Å². The molecule has 1 fully saturated rings. The van der Waals surface area contributed by atoms with Crippen molar-refractivity contribution in [1.29, 1.82) is 5.26 Å². The minimum atomic E-state index is -0.235. The molecule has 0 aliphatic carbocycles. The summed E-state index contributed by atoms with van der Waals surface area (Å²) in [7, 11) is 0. The lowest BCUT2D eigenvalue weighted by Crippen LogP contribution is -2.41. The Morgan fingerprint density at radius 3 is 2.62 bits per heavy atom. The van der Waals surface area contributed by atoms with E-state index in [-0.39, 0.29) is 11.5 Å². The van der Waals surface area contributed by atoms with Gasteiger partial charge in [0.15, 0.2) is 0 Å². The Bertz CT molecular complexity index is 902. The second-order valence-corrected chi connectivity index (χ2v) is 7.04. The van der Waals surface area contributed by atoms with Crippen molar-refractivity contribution in [2.24, 2.45) is 0 Å². The SMILES string of the molecule is Cc1cc(/C=C(/C#N)C(=O)N2CCOCC2)c(C)n1-c1ccccc1Br. The highest BCUT2D eigenvalue weighted by Crippen LogP contribution is 2.27. The third-order valence-electron chi connectivity index (χ3n) is 4.51. The number of benzene rings is 1. The van der Waals surface area contributed by atoms with Crippen molar-refractivity contribution in [3.63, 3.8) is 0 Å². The fraction of sp³-hybridized carbons (Fsp3) is 0.300. The Balaban J connectivity index is 1.98. The molecule has 6 heteroatoms. The molecule has 2 heterocycles. The molecule has 1 aliphatic rings. The summed E-state index contributed by atoms with van der Waals surface area (Å²) in [6.07, 6.45) is 1.69. The van der Waals surface area contributed by atoms with Gasteiger partial charge in [0.1, 0.15) is 11.6 Å². The van der Waals surface area contributed by atoms with Gasteiger partial charge >= 0.3 is 0 Å². The number of nitrogens with zero attached hydrogens (tertiary/aromatic N) is 3. The lowest BCUT2D eigenvalue weighted by Gasteiger charge is -2.26. The van der Waals surface area contributed by atoms with Crippen molar-refractivity contribution in [1.82, 2.24) is 9.47 Å². The third-order valence-corrected chi connectivity index (χ3v) is 5.18. The highest BCUT2D eigenvalue weighted by Gasteiger charge is 2.21. The van der Waals surface area contributed by atoms with Crippen LogP contribution < -0.4 is 0 Å². The summed E-state index contributed by atoms with van der Waals surface area (Å²) in [5, 5.41) is 9.51. The van der Waals surface area contributed by atoms with Gasteiger partial charge in [-0.1, -0.05) is 12.1 Å². The number of halogens is 1. The largest absolute Gasteiger partial charge is 0.378 e. The Morgan fingerprint density at radius 2 is 1.96 bits per heavy atom. The number of ether oxygens (including phenoxy) is 1. The molecule has 26 heavy (non-hydrogen) atoms. The second kappa shape index (κ2) is 7.90. The van der Waals surface area contributed by atoms with Crippen LogP contribution in [0.25, 0.3) is 11.8 Å². The van der Waals surface area contributed by atoms with E-state index in [0.717, 1.165) is 27.1 Å². The van der Waals surface area contributed by atoms with Gasteiger partial charge in [-0.15, -0.1) is 0 Å². The zero-order chi connectivity index (χ0) is 18.7. The van der Waals surface area contributed by atoms with Crippen LogP contribution in [0.15, 0.2) is 40.4 Å². The van der Waals surface area contributed by atoms with E-state index in [1.807, 2.05) is 44.2 Å². The molecule has 0 atom stereocenters. The molecule has 1 saturated heterocycles. The number of hydrogen-bond acceptors (Lipinski definition) is 3. The van der Waals surface area contributed by atoms with Gasteiger partial charge in [0.2, 0.25) is 0 Å². The number of aromatic nitrogens is 1. The molecule has 5 nitrogen and oxygen atoms in total. The topological polar surface area (TPSA) is 58.3 Å². The minimum Gasteiger partial charge on any atom is -0.378 e. The van der Waals surface area contributed by atoms with E-state index in [0.29, 0.717) is 26.3 Å². The summed E-state index contributed by atoms with van der Waals surface area (Å²) < 4.78 is 8.38. The average Bonchev–Trinajstić information content (AvgIpc) is 2.94. The predicted molar refractivity (Wildman–Crippen MR) is 104 cm³/mol. The van der Waals surface area contributed by atoms with Gasteiger partial charge in [-0.05, 0) is 59.6 Å². The first-order valence-electron chi connectivity index (χ1n) is 8.45. The van der Waals surface area contributed by atoms with E-state index in [9.17, 15) is 10.1 Å². The van der Waals surface area contributed by atoms with Crippen LogP contribution >= 0.6 is 15.9 Å². The van der Waals surface area contributed by atoms with Crippen LogP contribution in [-0.2, 0) is 9.53 Å². The molecule has 1 aliphatic heterocycles. The number of carbonyl (C=O) groups excluding carboxylic acids is 1. The van der Waals surface area contributed by atoms with Crippen LogP contribution in [-0.4, -0.2) is 41.7 Å².